The second-order valence-corrected chi connectivity index (χ2v) is 6.54. The van der Waals surface area contributed by atoms with Crippen molar-refractivity contribution in [3.8, 4) is 5.75 Å². The van der Waals surface area contributed by atoms with Gasteiger partial charge in [-0.3, -0.25) is 9.59 Å². The second kappa shape index (κ2) is 7.66. The number of rotatable bonds is 6. The van der Waals surface area contributed by atoms with Gasteiger partial charge in [-0.05, 0) is 43.9 Å². The van der Waals surface area contributed by atoms with E-state index in [-0.39, 0.29) is 24.5 Å². The number of benzene rings is 1. The highest BCUT2D eigenvalue weighted by atomic mass is 16.5. The number of anilines is 1. The molecular weight excluding hydrogens is 306 g/mol. The van der Waals surface area contributed by atoms with Gasteiger partial charge in [-0.2, -0.15) is 0 Å². The standard InChI is InChI=1S/C18H25N3O3/c19-11-13-4-1-7-16(13)20-17(22)12-24-15-6-2-5-14(10-15)21-9-3-8-18(21)23/h2,5-6,10,13,16H,1,3-4,7-9,11-12,19H2,(H,20,22). The van der Waals surface area contributed by atoms with Gasteiger partial charge < -0.3 is 20.7 Å². The normalized spacial score (nSPS) is 23.5. The minimum Gasteiger partial charge on any atom is -0.484 e. The smallest absolute Gasteiger partial charge is 0.258 e. The van der Waals surface area contributed by atoms with Crippen LogP contribution in [0.15, 0.2) is 24.3 Å². The molecule has 1 saturated heterocycles. The second-order valence-electron chi connectivity index (χ2n) is 6.54. The first-order chi connectivity index (χ1) is 11.7. The lowest BCUT2D eigenvalue weighted by molar-refractivity contribution is -0.124. The van der Waals surface area contributed by atoms with E-state index >= 15 is 0 Å². The molecule has 6 heteroatoms. The highest BCUT2D eigenvalue weighted by molar-refractivity contribution is 5.95. The quantitative estimate of drug-likeness (QED) is 0.826. The van der Waals surface area contributed by atoms with E-state index in [9.17, 15) is 9.59 Å². The first-order valence-electron chi connectivity index (χ1n) is 8.70. The van der Waals surface area contributed by atoms with E-state index in [4.69, 9.17) is 10.5 Å². The highest BCUT2D eigenvalue weighted by Crippen LogP contribution is 2.26. The van der Waals surface area contributed by atoms with Crippen molar-refractivity contribution in [2.24, 2.45) is 11.7 Å². The Morgan fingerprint density at radius 1 is 1.33 bits per heavy atom. The van der Waals surface area contributed by atoms with Crippen LogP contribution in [-0.4, -0.2) is 37.6 Å². The highest BCUT2D eigenvalue weighted by Gasteiger charge is 2.27. The number of nitrogens with one attached hydrogen (secondary N) is 1. The summed E-state index contributed by atoms with van der Waals surface area (Å²) in [6.07, 6.45) is 4.65. The Hall–Kier alpha value is -2.08. The molecule has 6 nitrogen and oxygen atoms in total. The van der Waals surface area contributed by atoms with Crippen molar-refractivity contribution in [2.75, 3.05) is 24.6 Å². The largest absolute Gasteiger partial charge is 0.484 e. The van der Waals surface area contributed by atoms with Crippen LogP contribution >= 0.6 is 0 Å². The van der Waals surface area contributed by atoms with Crippen LogP contribution in [0, 0.1) is 5.92 Å². The summed E-state index contributed by atoms with van der Waals surface area (Å²) in [6, 6.07) is 7.51. The van der Waals surface area contributed by atoms with Crippen LogP contribution in [0.5, 0.6) is 5.75 Å². The zero-order chi connectivity index (χ0) is 16.9. The lowest BCUT2D eigenvalue weighted by Gasteiger charge is -2.20. The molecule has 1 aromatic rings. The number of hydrogen-bond donors (Lipinski definition) is 2. The molecular formula is C18H25N3O3. The molecule has 0 radical (unpaired) electrons. The number of carbonyl (C=O) groups excluding carboxylic acids is 2. The molecule has 0 spiro atoms. The summed E-state index contributed by atoms with van der Waals surface area (Å²) in [7, 11) is 0. The summed E-state index contributed by atoms with van der Waals surface area (Å²) in [5.41, 5.74) is 6.57. The minimum atomic E-state index is -0.122. The average molecular weight is 331 g/mol. The predicted octanol–water partition coefficient (Wildman–Crippen LogP) is 1.44. The van der Waals surface area contributed by atoms with E-state index in [2.05, 4.69) is 5.32 Å². The fraction of sp³-hybridized carbons (Fsp3) is 0.556. The van der Waals surface area contributed by atoms with Gasteiger partial charge in [-0.15, -0.1) is 0 Å². The van der Waals surface area contributed by atoms with Gasteiger partial charge in [0.05, 0.1) is 0 Å². The molecule has 24 heavy (non-hydrogen) atoms. The Kier molecular flexibility index (Phi) is 5.35. The van der Waals surface area contributed by atoms with Gasteiger partial charge in [0.2, 0.25) is 5.91 Å². The SMILES string of the molecule is NCC1CCCC1NC(=O)COc1cccc(N2CCCC2=O)c1. The Balaban J connectivity index is 1.53. The van der Waals surface area contributed by atoms with Gasteiger partial charge in [0.15, 0.2) is 6.61 Å². The Morgan fingerprint density at radius 3 is 2.96 bits per heavy atom. The van der Waals surface area contributed by atoms with E-state index < -0.39 is 0 Å². The molecule has 1 aliphatic carbocycles. The lowest BCUT2D eigenvalue weighted by Crippen LogP contribution is -2.42. The molecule has 0 bridgehead atoms. The van der Waals surface area contributed by atoms with Crippen LogP contribution in [0.2, 0.25) is 0 Å². The topological polar surface area (TPSA) is 84.7 Å². The first kappa shape index (κ1) is 16.8. The fourth-order valence-corrected chi connectivity index (χ4v) is 3.57. The van der Waals surface area contributed by atoms with Crippen LogP contribution in [-0.2, 0) is 9.59 Å². The molecule has 2 amide bonds. The number of amides is 2. The van der Waals surface area contributed by atoms with Crippen LogP contribution in [0.3, 0.4) is 0 Å². The Morgan fingerprint density at radius 2 is 2.21 bits per heavy atom. The molecule has 0 aromatic heterocycles. The van der Waals surface area contributed by atoms with E-state index in [0.717, 1.165) is 37.9 Å². The van der Waals surface area contributed by atoms with Gasteiger partial charge >= 0.3 is 0 Å². The third-order valence-electron chi connectivity index (χ3n) is 4.88. The van der Waals surface area contributed by atoms with Crippen LogP contribution in [0.1, 0.15) is 32.1 Å². The zero-order valence-electron chi connectivity index (χ0n) is 13.9. The number of carbonyl (C=O) groups is 2. The fourth-order valence-electron chi connectivity index (χ4n) is 3.57. The molecule has 3 rings (SSSR count). The molecule has 1 heterocycles. The van der Waals surface area contributed by atoms with Gasteiger partial charge in [0.1, 0.15) is 5.75 Å². The van der Waals surface area contributed by atoms with Gasteiger partial charge in [-0.25, -0.2) is 0 Å². The van der Waals surface area contributed by atoms with Gasteiger partial charge in [0, 0.05) is 30.8 Å². The lowest BCUT2D eigenvalue weighted by atomic mass is 10.0. The maximum Gasteiger partial charge on any atom is 0.258 e. The maximum absolute atomic E-state index is 12.1. The number of nitrogens with zero attached hydrogens (tertiary/aromatic N) is 1. The van der Waals surface area contributed by atoms with Crippen molar-refractivity contribution in [3.63, 3.8) is 0 Å². The monoisotopic (exact) mass is 331 g/mol. The molecule has 2 fully saturated rings. The summed E-state index contributed by atoms with van der Waals surface area (Å²) < 4.78 is 5.60. The van der Waals surface area contributed by atoms with E-state index in [1.165, 1.54) is 0 Å². The van der Waals surface area contributed by atoms with Crippen molar-refractivity contribution in [3.05, 3.63) is 24.3 Å². The minimum absolute atomic E-state index is 0.0226. The summed E-state index contributed by atoms with van der Waals surface area (Å²) in [6.45, 7) is 1.33. The third kappa shape index (κ3) is 3.87. The Labute approximate surface area is 142 Å². The van der Waals surface area contributed by atoms with Crippen LogP contribution < -0.4 is 20.7 Å². The van der Waals surface area contributed by atoms with Crippen molar-refractivity contribution < 1.29 is 14.3 Å². The van der Waals surface area contributed by atoms with Crippen molar-refractivity contribution >= 4 is 17.5 Å². The number of nitrogens with two attached hydrogens (primary N) is 1. The first-order valence-corrected chi connectivity index (χ1v) is 8.70. The van der Waals surface area contributed by atoms with Crippen LogP contribution in [0.4, 0.5) is 5.69 Å². The van der Waals surface area contributed by atoms with E-state index in [1.54, 1.807) is 11.0 Å². The number of ether oxygens (including phenoxy) is 1. The van der Waals surface area contributed by atoms with Gasteiger partial charge in [0.25, 0.3) is 5.91 Å². The number of hydrogen-bond acceptors (Lipinski definition) is 4. The molecule has 2 unspecified atom stereocenters. The summed E-state index contributed by atoms with van der Waals surface area (Å²) in [5.74, 6) is 0.990. The Bertz CT molecular complexity index is 605. The molecule has 1 aliphatic heterocycles. The summed E-state index contributed by atoms with van der Waals surface area (Å²) in [5, 5.41) is 3.02. The molecule has 2 aliphatic rings. The molecule has 130 valence electrons. The molecule has 1 aromatic carbocycles. The van der Waals surface area contributed by atoms with Crippen molar-refractivity contribution in [1.82, 2.24) is 5.32 Å². The van der Waals surface area contributed by atoms with Crippen molar-refractivity contribution in [2.45, 2.75) is 38.1 Å². The van der Waals surface area contributed by atoms with E-state index in [1.807, 2.05) is 18.2 Å². The van der Waals surface area contributed by atoms with E-state index in [0.29, 0.717) is 24.6 Å². The van der Waals surface area contributed by atoms with Crippen LogP contribution in [0.25, 0.3) is 0 Å². The molecule has 1 saturated carbocycles. The average Bonchev–Trinajstić information content (AvgIpc) is 3.21. The third-order valence-corrected chi connectivity index (χ3v) is 4.88. The summed E-state index contributed by atoms with van der Waals surface area (Å²) >= 11 is 0. The predicted molar refractivity (Wildman–Crippen MR) is 91.9 cm³/mol. The molecule has 3 N–H and O–H groups in total. The van der Waals surface area contributed by atoms with Crippen molar-refractivity contribution in [1.29, 1.82) is 0 Å². The summed E-state index contributed by atoms with van der Waals surface area (Å²) in [4.78, 5) is 25.7. The zero-order valence-corrected chi connectivity index (χ0v) is 13.9. The molecule has 2 atom stereocenters. The maximum atomic E-state index is 12.1. The van der Waals surface area contributed by atoms with Gasteiger partial charge in [-0.1, -0.05) is 12.5 Å².